The van der Waals surface area contributed by atoms with Gasteiger partial charge in [-0.1, -0.05) is 19.1 Å². The van der Waals surface area contributed by atoms with Crippen LogP contribution in [-0.2, 0) is 13.1 Å². The van der Waals surface area contributed by atoms with Crippen LogP contribution in [0.5, 0.6) is 0 Å². The molecule has 112 valence electrons. The molecule has 1 N–H and O–H groups in total. The van der Waals surface area contributed by atoms with Crippen molar-refractivity contribution in [1.82, 2.24) is 10.3 Å². The van der Waals surface area contributed by atoms with E-state index >= 15 is 0 Å². The number of hydrogen-bond acceptors (Lipinski definition) is 3. The Morgan fingerprint density at radius 1 is 1.19 bits per heavy atom. The molecular weight excluding hydrogens is 265 g/mol. The third-order valence-corrected chi connectivity index (χ3v) is 3.37. The second kappa shape index (κ2) is 7.74. The van der Waals surface area contributed by atoms with Gasteiger partial charge in [0.05, 0.1) is 12.2 Å². The molecular formula is C17H22FN3. The number of nitrogens with one attached hydrogen (secondary N) is 1. The van der Waals surface area contributed by atoms with E-state index in [0.29, 0.717) is 6.54 Å². The lowest BCUT2D eigenvalue weighted by atomic mass is 10.2. The van der Waals surface area contributed by atoms with Crippen molar-refractivity contribution < 1.29 is 4.39 Å². The fourth-order valence-corrected chi connectivity index (χ4v) is 2.18. The second-order valence-corrected chi connectivity index (χ2v) is 4.93. The highest BCUT2D eigenvalue weighted by molar-refractivity contribution is 5.46. The molecule has 1 aromatic heterocycles. The quantitative estimate of drug-likeness (QED) is 0.846. The normalized spacial score (nSPS) is 10.6. The standard InChI is InChI=1S/C17H22FN3/c1-3-19-11-14-8-9-16(20-12-14)13-21(4-2)17-7-5-6-15(18)10-17/h5-10,12,19H,3-4,11,13H2,1-2H3. The molecule has 0 saturated carbocycles. The Hall–Kier alpha value is -1.94. The van der Waals surface area contributed by atoms with Gasteiger partial charge in [0.15, 0.2) is 0 Å². The minimum atomic E-state index is -0.208. The average molecular weight is 287 g/mol. The summed E-state index contributed by atoms with van der Waals surface area (Å²) in [5.74, 6) is -0.208. The Morgan fingerprint density at radius 3 is 2.67 bits per heavy atom. The van der Waals surface area contributed by atoms with Gasteiger partial charge in [0.2, 0.25) is 0 Å². The van der Waals surface area contributed by atoms with Crippen molar-refractivity contribution in [2.45, 2.75) is 26.9 Å². The Labute approximate surface area is 125 Å². The van der Waals surface area contributed by atoms with Gasteiger partial charge in [-0.25, -0.2) is 4.39 Å². The largest absolute Gasteiger partial charge is 0.366 e. The van der Waals surface area contributed by atoms with Crippen LogP contribution >= 0.6 is 0 Å². The molecule has 2 aromatic rings. The van der Waals surface area contributed by atoms with Gasteiger partial charge < -0.3 is 10.2 Å². The van der Waals surface area contributed by atoms with E-state index in [-0.39, 0.29) is 5.82 Å². The number of pyridine rings is 1. The molecule has 0 atom stereocenters. The summed E-state index contributed by atoms with van der Waals surface area (Å²) in [6, 6.07) is 10.8. The third-order valence-electron chi connectivity index (χ3n) is 3.37. The van der Waals surface area contributed by atoms with Crippen LogP contribution in [0.2, 0.25) is 0 Å². The monoisotopic (exact) mass is 287 g/mol. The molecule has 0 aliphatic rings. The third kappa shape index (κ3) is 4.53. The lowest BCUT2D eigenvalue weighted by Gasteiger charge is -2.22. The maximum atomic E-state index is 13.3. The highest BCUT2D eigenvalue weighted by Crippen LogP contribution is 2.17. The first-order chi connectivity index (χ1) is 10.2. The molecule has 0 amide bonds. The van der Waals surface area contributed by atoms with E-state index in [1.54, 1.807) is 12.1 Å². The number of hydrogen-bond donors (Lipinski definition) is 1. The van der Waals surface area contributed by atoms with E-state index in [0.717, 1.165) is 31.0 Å². The maximum absolute atomic E-state index is 13.3. The number of rotatable bonds is 7. The Kier molecular flexibility index (Phi) is 5.69. The van der Waals surface area contributed by atoms with Crippen LogP contribution in [0.15, 0.2) is 42.6 Å². The minimum Gasteiger partial charge on any atom is -0.366 e. The molecule has 1 heterocycles. The van der Waals surface area contributed by atoms with Crippen molar-refractivity contribution >= 4 is 5.69 Å². The van der Waals surface area contributed by atoms with Crippen molar-refractivity contribution in [2.24, 2.45) is 0 Å². The lowest BCUT2D eigenvalue weighted by Crippen LogP contribution is -2.22. The van der Waals surface area contributed by atoms with Crippen molar-refractivity contribution in [2.75, 3.05) is 18.0 Å². The minimum absolute atomic E-state index is 0.208. The zero-order valence-corrected chi connectivity index (χ0v) is 12.6. The first kappa shape index (κ1) is 15.4. The van der Waals surface area contributed by atoms with Crippen LogP contribution < -0.4 is 10.2 Å². The molecule has 0 spiro atoms. The van der Waals surface area contributed by atoms with Crippen molar-refractivity contribution in [1.29, 1.82) is 0 Å². The molecule has 0 bridgehead atoms. The van der Waals surface area contributed by atoms with Crippen LogP contribution in [0, 0.1) is 5.82 Å². The fourth-order valence-electron chi connectivity index (χ4n) is 2.18. The van der Waals surface area contributed by atoms with Gasteiger partial charge in [0, 0.05) is 25.0 Å². The van der Waals surface area contributed by atoms with Crippen molar-refractivity contribution in [3.63, 3.8) is 0 Å². The number of halogens is 1. The summed E-state index contributed by atoms with van der Waals surface area (Å²) in [6.07, 6.45) is 1.90. The highest BCUT2D eigenvalue weighted by atomic mass is 19.1. The van der Waals surface area contributed by atoms with Gasteiger partial charge in [-0.3, -0.25) is 4.98 Å². The van der Waals surface area contributed by atoms with E-state index in [1.165, 1.54) is 11.6 Å². The van der Waals surface area contributed by atoms with E-state index in [2.05, 4.69) is 35.1 Å². The summed E-state index contributed by atoms with van der Waals surface area (Å²) in [4.78, 5) is 6.60. The van der Waals surface area contributed by atoms with E-state index in [4.69, 9.17) is 0 Å². The first-order valence-electron chi connectivity index (χ1n) is 7.38. The summed E-state index contributed by atoms with van der Waals surface area (Å²) >= 11 is 0. The van der Waals surface area contributed by atoms with Gasteiger partial charge in [0.25, 0.3) is 0 Å². The fraction of sp³-hybridized carbons (Fsp3) is 0.353. The summed E-state index contributed by atoms with van der Waals surface area (Å²) < 4.78 is 13.3. The molecule has 21 heavy (non-hydrogen) atoms. The molecule has 0 unspecified atom stereocenters. The molecule has 0 aliphatic carbocycles. The van der Waals surface area contributed by atoms with Crippen molar-refractivity contribution in [3.8, 4) is 0 Å². The first-order valence-corrected chi connectivity index (χ1v) is 7.38. The number of aromatic nitrogens is 1. The number of nitrogens with zero attached hydrogens (tertiary/aromatic N) is 2. The Balaban J connectivity index is 2.04. The zero-order valence-electron chi connectivity index (χ0n) is 12.6. The van der Waals surface area contributed by atoms with Gasteiger partial charge in [-0.2, -0.15) is 0 Å². The van der Waals surface area contributed by atoms with Crippen LogP contribution in [-0.4, -0.2) is 18.1 Å². The summed E-state index contributed by atoms with van der Waals surface area (Å²) in [5, 5.41) is 3.28. The van der Waals surface area contributed by atoms with Gasteiger partial charge in [-0.15, -0.1) is 0 Å². The predicted molar refractivity (Wildman–Crippen MR) is 84.7 cm³/mol. The van der Waals surface area contributed by atoms with Crippen LogP contribution in [0.3, 0.4) is 0 Å². The SMILES string of the molecule is CCNCc1ccc(CN(CC)c2cccc(F)c2)nc1. The number of benzene rings is 1. The summed E-state index contributed by atoms with van der Waals surface area (Å²) in [5.41, 5.74) is 3.05. The summed E-state index contributed by atoms with van der Waals surface area (Å²) in [7, 11) is 0. The molecule has 2 rings (SSSR count). The molecule has 3 nitrogen and oxygen atoms in total. The lowest BCUT2D eigenvalue weighted by molar-refractivity contribution is 0.626. The van der Waals surface area contributed by atoms with Crippen LogP contribution in [0.25, 0.3) is 0 Å². The van der Waals surface area contributed by atoms with Gasteiger partial charge in [-0.05, 0) is 43.3 Å². The highest BCUT2D eigenvalue weighted by Gasteiger charge is 2.07. The smallest absolute Gasteiger partial charge is 0.125 e. The van der Waals surface area contributed by atoms with E-state index in [1.807, 2.05) is 18.3 Å². The average Bonchev–Trinajstić information content (AvgIpc) is 2.51. The second-order valence-electron chi connectivity index (χ2n) is 4.93. The van der Waals surface area contributed by atoms with E-state index in [9.17, 15) is 4.39 Å². The predicted octanol–water partition coefficient (Wildman–Crippen LogP) is 3.36. The summed E-state index contributed by atoms with van der Waals surface area (Å²) in [6.45, 7) is 7.42. The van der Waals surface area contributed by atoms with Crippen LogP contribution in [0.1, 0.15) is 25.1 Å². The zero-order chi connectivity index (χ0) is 15.1. The van der Waals surface area contributed by atoms with Crippen molar-refractivity contribution in [3.05, 3.63) is 59.7 Å². The Morgan fingerprint density at radius 2 is 2.05 bits per heavy atom. The van der Waals surface area contributed by atoms with Gasteiger partial charge >= 0.3 is 0 Å². The maximum Gasteiger partial charge on any atom is 0.125 e. The molecule has 4 heteroatoms. The van der Waals surface area contributed by atoms with E-state index < -0.39 is 0 Å². The van der Waals surface area contributed by atoms with Crippen LogP contribution in [0.4, 0.5) is 10.1 Å². The molecule has 0 radical (unpaired) electrons. The Bertz CT molecular complexity index is 554. The molecule has 0 fully saturated rings. The number of anilines is 1. The topological polar surface area (TPSA) is 28.2 Å². The molecule has 0 aliphatic heterocycles. The molecule has 1 aromatic carbocycles. The van der Waals surface area contributed by atoms with Gasteiger partial charge in [0.1, 0.15) is 5.82 Å². The molecule has 0 saturated heterocycles.